The molecule has 0 aliphatic rings. The fourth-order valence-corrected chi connectivity index (χ4v) is 5.78. The zero-order valence-electron chi connectivity index (χ0n) is 20.8. The van der Waals surface area contributed by atoms with Crippen LogP contribution in [0.15, 0.2) is 103 Å². The van der Waals surface area contributed by atoms with Crippen LogP contribution in [0.2, 0.25) is 0 Å². The Morgan fingerprint density at radius 2 is 1.31 bits per heavy atom. The fraction of sp³-hybridized carbons (Fsp3) is 0.176. The SMILES string of the molecule is CCCc1ccc(-c2ccccc2)c2c(-c3ccc4c(c3)c3ccccc3n4C(C)C)cccc12. The Morgan fingerprint density at radius 1 is 0.600 bits per heavy atom. The van der Waals surface area contributed by atoms with Crippen molar-refractivity contribution < 1.29 is 0 Å². The molecule has 1 heterocycles. The minimum absolute atomic E-state index is 0.405. The van der Waals surface area contributed by atoms with Gasteiger partial charge in [-0.15, -0.1) is 0 Å². The maximum atomic E-state index is 2.46. The molecule has 172 valence electrons. The Labute approximate surface area is 207 Å². The van der Waals surface area contributed by atoms with Gasteiger partial charge in [0.2, 0.25) is 0 Å². The number of nitrogens with zero attached hydrogens (tertiary/aromatic N) is 1. The summed E-state index contributed by atoms with van der Waals surface area (Å²) in [6.45, 7) is 6.80. The van der Waals surface area contributed by atoms with Crippen LogP contribution in [0.3, 0.4) is 0 Å². The largest absolute Gasteiger partial charge is 0.338 e. The Balaban J connectivity index is 1.68. The van der Waals surface area contributed by atoms with Gasteiger partial charge in [-0.3, -0.25) is 0 Å². The Kier molecular flexibility index (Phi) is 5.41. The molecule has 0 aliphatic carbocycles. The lowest BCUT2D eigenvalue weighted by atomic mass is 9.88. The van der Waals surface area contributed by atoms with Crippen LogP contribution in [0.4, 0.5) is 0 Å². The molecular formula is C34H31N. The maximum Gasteiger partial charge on any atom is 0.0494 e. The number of benzene rings is 5. The molecule has 0 N–H and O–H groups in total. The molecule has 0 spiro atoms. The summed E-state index contributed by atoms with van der Waals surface area (Å²) in [5.74, 6) is 0. The average Bonchev–Trinajstić information content (AvgIpc) is 3.23. The van der Waals surface area contributed by atoms with Crippen molar-refractivity contribution in [2.24, 2.45) is 0 Å². The Hall–Kier alpha value is -3.84. The van der Waals surface area contributed by atoms with Crippen molar-refractivity contribution in [3.63, 3.8) is 0 Å². The van der Waals surface area contributed by atoms with Crippen LogP contribution in [0.25, 0.3) is 54.8 Å². The summed E-state index contributed by atoms with van der Waals surface area (Å²) < 4.78 is 2.46. The van der Waals surface area contributed by atoms with Gasteiger partial charge in [-0.05, 0) is 77.1 Å². The van der Waals surface area contributed by atoms with E-state index in [2.05, 4.69) is 128 Å². The zero-order valence-corrected chi connectivity index (χ0v) is 20.8. The van der Waals surface area contributed by atoms with Gasteiger partial charge in [0, 0.05) is 27.8 Å². The highest BCUT2D eigenvalue weighted by Gasteiger charge is 2.16. The van der Waals surface area contributed by atoms with Crippen LogP contribution >= 0.6 is 0 Å². The molecule has 6 rings (SSSR count). The second-order valence-electron chi connectivity index (χ2n) is 9.83. The molecule has 1 nitrogen and oxygen atoms in total. The van der Waals surface area contributed by atoms with E-state index >= 15 is 0 Å². The van der Waals surface area contributed by atoms with Crippen molar-refractivity contribution >= 4 is 32.6 Å². The molecule has 0 saturated carbocycles. The first-order valence-electron chi connectivity index (χ1n) is 12.8. The van der Waals surface area contributed by atoms with Crippen LogP contribution in [0, 0.1) is 0 Å². The lowest BCUT2D eigenvalue weighted by Gasteiger charge is -2.16. The van der Waals surface area contributed by atoms with Gasteiger partial charge < -0.3 is 4.57 Å². The monoisotopic (exact) mass is 453 g/mol. The highest BCUT2D eigenvalue weighted by molar-refractivity contribution is 6.12. The molecule has 0 radical (unpaired) electrons. The lowest BCUT2D eigenvalue weighted by Crippen LogP contribution is -1.99. The summed E-state index contributed by atoms with van der Waals surface area (Å²) in [5.41, 5.74) is 9.21. The maximum absolute atomic E-state index is 2.46. The van der Waals surface area contributed by atoms with E-state index < -0.39 is 0 Å². The van der Waals surface area contributed by atoms with Crippen LogP contribution in [0.5, 0.6) is 0 Å². The number of para-hydroxylation sites is 1. The van der Waals surface area contributed by atoms with Crippen LogP contribution in [-0.2, 0) is 6.42 Å². The van der Waals surface area contributed by atoms with Crippen LogP contribution in [-0.4, -0.2) is 4.57 Å². The van der Waals surface area contributed by atoms with E-state index in [0.717, 1.165) is 12.8 Å². The number of aryl methyl sites for hydroxylation is 1. The van der Waals surface area contributed by atoms with Crippen molar-refractivity contribution in [3.8, 4) is 22.3 Å². The summed E-state index contributed by atoms with van der Waals surface area (Å²) >= 11 is 0. The van der Waals surface area contributed by atoms with E-state index in [-0.39, 0.29) is 0 Å². The zero-order chi connectivity index (χ0) is 23.9. The highest BCUT2D eigenvalue weighted by Crippen LogP contribution is 2.40. The third-order valence-electron chi connectivity index (χ3n) is 7.27. The molecule has 6 aromatic rings. The first-order valence-corrected chi connectivity index (χ1v) is 12.8. The Bertz CT molecular complexity index is 1670. The van der Waals surface area contributed by atoms with E-state index in [4.69, 9.17) is 0 Å². The number of hydrogen-bond acceptors (Lipinski definition) is 0. The van der Waals surface area contributed by atoms with Gasteiger partial charge in [-0.25, -0.2) is 0 Å². The van der Waals surface area contributed by atoms with E-state index in [1.165, 1.54) is 60.4 Å². The third kappa shape index (κ3) is 3.54. The summed E-state index contributed by atoms with van der Waals surface area (Å²) in [6, 6.07) is 38.6. The molecule has 0 unspecified atom stereocenters. The van der Waals surface area contributed by atoms with Gasteiger partial charge in [0.1, 0.15) is 0 Å². The fourth-order valence-electron chi connectivity index (χ4n) is 5.78. The number of aromatic nitrogens is 1. The standard InChI is InChI=1S/C34H31N/c1-4-11-24-18-20-29(25-12-6-5-7-13-25)34-27(24)15-10-16-28(34)26-19-21-33-31(22-26)30-14-8-9-17-32(30)35(33)23(2)3/h5-10,12-23H,4,11H2,1-3H3. The predicted octanol–water partition coefficient (Wildman–Crippen LogP) is 9.82. The molecular weight excluding hydrogens is 422 g/mol. The summed E-state index contributed by atoms with van der Waals surface area (Å²) in [4.78, 5) is 0. The molecule has 0 amide bonds. The topological polar surface area (TPSA) is 4.93 Å². The van der Waals surface area contributed by atoms with Gasteiger partial charge in [0.05, 0.1) is 0 Å². The molecule has 1 heteroatoms. The highest BCUT2D eigenvalue weighted by atomic mass is 15.0. The molecule has 0 saturated heterocycles. The van der Waals surface area contributed by atoms with Crippen molar-refractivity contribution in [2.45, 2.75) is 39.7 Å². The first kappa shape index (κ1) is 21.7. The lowest BCUT2D eigenvalue weighted by molar-refractivity contribution is 0.642. The summed E-state index contributed by atoms with van der Waals surface area (Å²) in [5, 5.41) is 5.38. The molecule has 0 aliphatic heterocycles. The van der Waals surface area contributed by atoms with Gasteiger partial charge in [0.25, 0.3) is 0 Å². The van der Waals surface area contributed by atoms with Gasteiger partial charge in [-0.1, -0.05) is 98.3 Å². The molecule has 0 bridgehead atoms. The Morgan fingerprint density at radius 3 is 2.11 bits per heavy atom. The molecule has 0 fully saturated rings. The minimum atomic E-state index is 0.405. The van der Waals surface area contributed by atoms with E-state index in [9.17, 15) is 0 Å². The normalized spacial score (nSPS) is 11.8. The number of rotatable bonds is 5. The van der Waals surface area contributed by atoms with Crippen molar-refractivity contribution in [1.82, 2.24) is 4.57 Å². The second-order valence-corrected chi connectivity index (χ2v) is 9.83. The van der Waals surface area contributed by atoms with Crippen LogP contribution < -0.4 is 0 Å². The summed E-state index contributed by atoms with van der Waals surface area (Å²) in [6.07, 6.45) is 2.24. The van der Waals surface area contributed by atoms with Gasteiger partial charge >= 0.3 is 0 Å². The van der Waals surface area contributed by atoms with Crippen LogP contribution in [0.1, 0.15) is 38.8 Å². The average molecular weight is 454 g/mol. The molecule has 5 aromatic carbocycles. The number of fused-ring (bicyclic) bond motifs is 4. The molecule has 35 heavy (non-hydrogen) atoms. The smallest absolute Gasteiger partial charge is 0.0494 e. The minimum Gasteiger partial charge on any atom is -0.338 e. The van der Waals surface area contributed by atoms with Gasteiger partial charge in [-0.2, -0.15) is 0 Å². The molecule has 0 atom stereocenters. The van der Waals surface area contributed by atoms with Crippen molar-refractivity contribution in [3.05, 3.63) is 109 Å². The molecule has 1 aromatic heterocycles. The predicted molar refractivity (Wildman–Crippen MR) is 152 cm³/mol. The van der Waals surface area contributed by atoms with Gasteiger partial charge in [0.15, 0.2) is 0 Å². The third-order valence-corrected chi connectivity index (χ3v) is 7.27. The van der Waals surface area contributed by atoms with Crippen molar-refractivity contribution in [1.29, 1.82) is 0 Å². The quantitative estimate of drug-likeness (QED) is 0.245. The second kappa shape index (κ2) is 8.74. The number of hydrogen-bond donors (Lipinski definition) is 0. The van der Waals surface area contributed by atoms with E-state index in [1.54, 1.807) is 0 Å². The van der Waals surface area contributed by atoms with E-state index in [1.807, 2.05) is 0 Å². The van der Waals surface area contributed by atoms with E-state index in [0.29, 0.717) is 6.04 Å². The first-order chi connectivity index (χ1) is 17.2. The summed E-state index contributed by atoms with van der Waals surface area (Å²) in [7, 11) is 0. The van der Waals surface area contributed by atoms with Crippen molar-refractivity contribution in [2.75, 3.05) is 0 Å².